The van der Waals surface area contributed by atoms with Crippen LogP contribution in [0.15, 0.2) is 54.6 Å². The monoisotopic (exact) mass is 299 g/mol. The van der Waals surface area contributed by atoms with Crippen molar-refractivity contribution in [3.63, 3.8) is 0 Å². The highest BCUT2D eigenvalue weighted by Crippen LogP contribution is 2.13. The average molecular weight is 299 g/mol. The van der Waals surface area contributed by atoms with Gasteiger partial charge in [0.05, 0.1) is 12.7 Å². The Bertz CT molecular complexity index is 640. The number of nitrogens with one attached hydrogen (secondary N) is 1. The van der Waals surface area contributed by atoms with Gasteiger partial charge in [0.1, 0.15) is 5.75 Å². The molecule has 0 unspecified atom stereocenters. The van der Waals surface area contributed by atoms with E-state index in [4.69, 9.17) is 4.74 Å². The van der Waals surface area contributed by atoms with Crippen molar-refractivity contribution in [1.82, 2.24) is 5.32 Å². The third-order valence-corrected chi connectivity index (χ3v) is 2.96. The molecule has 2 rings (SSSR count). The molecule has 114 valence electrons. The summed E-state index contributed by atoms with van der Waals surface area (Å²) in [6.07, 6.45) is 0. The topological polar surface area (TPSA) is 64.6 Å². The molecule has 0 fully saturated rings. The van der Waals surface area contributed by atoms with E-state index in [0.29, 0.717) is 17.9 Å². The molecule has 0 radical (unpaired) electrons. The maximum absolute atomic E-state index is 11.7. The highest BCUT2D eigenvalue weighted by molar-refractivity contribution is 5.89. The van der Waals surface area contributed by atoms with Gasteiger partial charge in [-0.15, -0.1) is 0 Å². The summed E-state index contributed by atoms with van der Waals surface area (Å²) in [5.41, 5.74) is 1.40. The summed E-state index contributed by atoms with van der Waals surface area (Å²) in [5, 5.41) is 2.76. The zero-order valence-electron chi connectivity index (χ0n) is 12.2. The van der Waals surface area contributed by atoms with Gasteiger partial charge in [0.25, 0.3) is 5.91 Å². The molecule has 0 aromatic heterocycles. The lowest BCUT2D eigenvalue weighted by molar-refractivity contribution is -0.123. The van der Waals surface area contributed by atoms with E-state index in [0.717, 1.165) is 5.56 Å². The van der Waals surface area contributed by atoms with Crippen molar-refractivity contribution in [2.45, 2.75) is 6.54 Å². The van der Waals surface area contributed by atoms with E-state index in [-0.39, 0.29) is 12.5 Å². The van der Waals surface area contributed by atoms with E-state index in [1.54, 1.807) is 18.2 Å². The molecule has 0 atom stereocenters. The molecule has 0 heterocycles. The first-order valence-electron chi connectivity index (χ1n) is 6.81. The molecule has 0 aliphatic carbocycles. The number of benzene rings is 2. The summed E-state index contributed by atoms with van der Waals surface area (Å²) < 4.78 is 10.0. The Hall–Kier alpha value is -2.82. The first kappa shape index (κ1) is 15.6. The number of hydrogen-bond acceptors (Lipinski definition) is 4. The largest absolute Gasteiger partial charge is 0.484 e. The van der Waals surface area contributed by atoms with Crippen molar-refractivity contribution in [2.24, 2.45) is 0 Å². The fraction of sp³-hybridized carbons (Fsp3) is 0.176. The van der Waals surface area contributed by atoms with Gasteiger partial charge < -0.3 is 14.8 Å². The summed E-state index contributed by atoms with van der Waals surface area (Å²) in [4.78, 5) is 23.1. The Balaban J connectivity index is 1.82. The van der Waals surface area contributed by atoms with E-state index >= 15 is 0 Å². The Labute approximate surface area is 128 Å². The standard InChI is InChI=1S/C17H17NO4/c1-21-17(20)14-8-5-9-15(10-14)22-12-16(19)18-11-13-6-3-2-4-7-13/h2-10H,11-12H2,1H3,(H,18,19). The molecule has 0 spiro atoms. The van der Waals surface area contributed by atoms with Crippen LogP contribution in [0.1, 0.15) is 15.9 Å². The molecule has 2 aromatic carbocycles. The number of carbonyl (C=O) groups excluding carboxylic acids is 2. The lowest BCUT2D eigenvalue weighted by Crippen LogP contribution is -2.28. The maximum atomic E-state index is 11.7. The molecule has 2 aromatic rings. The minimum absolute atomic E-state index is 0.114. The quantitative estimate of drug-likeness (QED) is 0.830. The highest BCUT2D eigenvalue weighted by atomic mass is 16.5. The van der Waals surface area contributed by atoms with Gasteiger partial charge in [-0.2, -0.15) is 0 Å². The molecule has 5 nitrogen and oxygen atoms in total. The second-order valence-corrected chi connectivity index (χ2v) is 4.57. The van der Waals surface area contributed by atoms with Gasteiger partial charge >= 0.3 is 5.97 Å². The Morgan fingerprint density at radius 3 is 2.55 bits per heavy atom. The second kappa shape index (κ2) is 7.83. The van der Waals surface area contributed by atoms with Crippen LogP contribution in [0.3, 0.4) is 0 Å². The summed E-state index contributed by atoms with van der Waals surface area (Å²) in [5.74, 6) is -0.232. The zero-order valence-corrected chi connectivity index (χ0v) is 12.2. The zero-order chi connectivity index (χ0) is 15.8. The van der Waals surface area contributed by atoms with Gasteiger partial charge in [-0.25, -0.2) is 4.79 Å². The van der Waals surface area contributed by atoms with Gasteiger partial charge in [-0.3, -0.25) is 4.79 Å². The molecule has 5 heteroatoms. The normalized spacial score (nSPS) is 9.86. The number of amides is 1. The van der Waals surface area contributed by atoms with Crippen molar-refractivity contribution < 1.29 is 19.1 Å². The molecule has 0 bridgehead atoms. The van der Waals surface area contributed by atoms with Crippen LogP contribution in [-0.4, -0.2) is 25.6 Å². The van der Waals surface area contributed by atoms with E-state index in [1.165, 1.54) is 13.2 Å². The molecule has 1 amide bonds. The Kier molecular flexibility index (Phi) is 5.54. The van der Waals surface area contributed by atoms with Gasteiger partial charge in [0.15, 0.2) is 6.61 Å². The molecule has 0 saturated heterocycles. The average Bonchev–Trinajstić information content (AvgIpc) is 2.58. The van der Waals surface area contributed by atoms with Gasteiger partial charge in [0.2, 0.25) is 0 Å². The molecule has 0 aliphatic heterocycles. The van der Waals surface area contributed by atoms with Crippen LogP contribution in [0.25, 0.3) is 0 Å². The number of ether oxygens (including phenoxy) is 2. The van der Waals surface area contributed by atoms with Gasteiger partial charge in [-0.05, 0) is 23.8 Å². The van der Waals surface area contributed by atoms with Crippen LogP contribution < -0.4 is 10.1 Å². The number of methoxy groups -OCH3 is 1. The van der Waals surface area contributed by atoms with E-state index < -0.39 is 5.97 Å². The van der Waals surface area contributed by atoms with Crippen LogP contribution in [0.5, 0.6) is 5.75 Å². The van der Waals surface area contributed by atoms with Crippen molar-refractivity contribution in [3.05, 3.63) is 65.7 Å². The summed E-state index contributed by atoms with van der Waals surface area (Å²) in [7, 11) is 1.31. The van der Waals surface area contributed by atoms with E-state index in [1.807, 2.05) is 30.3 Å². The fourth-order valence-electron chi connectivity index (χ4n) is 1.83. The molecular weight excluding hydrogens is 282 g/mol. The van der Waals surface area contributed by atoms with E-state index in [2.05, 4.69) is 10.1 Å². The SMILES string of the molecule is COC(=O)c1cccc(OCC(=O)NCc2ccccc2)c1. The summed E-state index contributed by atoms with van der Waals surface area (Å²) in [6.45, 7) is 0.336. The predicted octanol–water partition coefficient (Wildman–Crippen LogP) is 2.17. The number of rotatable bonds is 6. The van der Waals surface area contributed by atoms with Crippen LogP contribution >= 0.6 is 0 Å². The van der Waals surface area contributed by atoms with Crippen molar-refractivity contribution in [1.29, 1.82) is 0 Å². The second-order valence-electron chi connectivity index (χ2n) is 4.57. The minimum atomic E-state index is -0.445. The molecular formula is C17H17NO4. The molecule has 1 N–H and O–H groups in total. The van der Waals surface area contributed by atoms with Gasteiger partial charge in [-0.1, -0.05) is 36.4 Å². The molecule has 0 aliphatic rings. The molecule has 22 heavy (non-hydrogen) atoms. The summed E-state index contributed by atoms with van der Waals surface area (Å²) in [6, 6.07) is 16.1. The first-order valence-corrected chi connectivity index (χ1v) is 6.81. The van der Waals surface area contributed by atoms with Crippen LogP contribution in [0.2, 0.25) is 0 Å². The van der Waals surface area contributed by atoms with Crippen LogP contribution in [0.4, 0.5) is 0 Å². The highest BCUT2D eigenvalue weighted by Gasteiger charge is 2.07. The maximum Gasteiger partial charge on any atom is 0.337 e. The van der Waals surface area contributed by atoms with E-state index in [9.17, 15) is 9.59 Å². The predicted molar refractivity (Wildman–Crippen MR) is 81.6 cm³/mol. The smallest absolute Gasteiger partial charge is 0.337 e. The number of carbonyl (C=O) groups is 2. The Morgan fingerprint density at radius 1 is 1.05 bits per heavy atom. The Morgan fingerprint density at radius 2 is 1.82 bits per heavy atom. The number of hydrogen-bond donors (Lipinski definition) is 1. The third kappa shape index (κ3) is 4.63. The van der Waals surface area contributed by atoms with Crippen molar-refractivity contribution in [3.8, 4) is 5.75 Å². The minimum Gasteiger partial charge on any atom is -0.484 e. The molecule has 0 saturated carbocycles. The lowest BCUT2D eigenvalue weighted by atomic mass is 10.2. The van der Waals surface area contributed by atoms with Crippen molar-refractivity contribution >= 4 is 11.9 Å². The van der Waals surface area contributed by atoms with Crippen LogP contribution in [0, 0.1) is 0 Å². The lowest BCUT2D eigenvalue weighted by Gasteiger charge is -2.08. The van der Waals surface area contributed by atoms with Crippen molar-refractivity contribution in [2.75, 3.05) is 13.7 Å². The number of esters is 1. The van der Waals surface area contributed by atoms with Gasteiger partial charge in [0, 0.05) is 6.54 Å². The third-order valence-electron chi connectivity index (χ3n) is 2.96. The summed E-state index contributed by atoms with van der Waals surface area (Å²) >= 11 is 0. The first-order chi connectivity index (χ1) is 10.7. The van der Waals surface area contributed by atoms with Crippen LogP contribution in [-0.2, 0) is 16.1 Å². The fourth-order valence-corrected chi connectivity index (χ4v) is 1.83.